The molecule has 4 aromatic carbocycles. The summed E-state index contributed by atoms with van der Waals surface area (Å²) in [5, 5.41) is 9.05. The highest BCUT2D eigenvalue weighted by atomic mass is 16.6. The standard InChI is InChI=1S/C53H44N2O14/c1-5-47(56)64-32-40(66-49(58)7-3)30-62-37-22-18-34(19-23-37)52(60)68-39-26-27-46(36(28-39)29-54-55-51-44-16-11-9-10-14-42(44)43-15-12-13-17-45(43)51)69-53(61)35-20-24-38(25-21-35)63-31-41(67-50(59)8-4)33-65-48(57)6-2/h5-13,15-29,40-41H,1-4,14,30-33H2/b54-29+,55-51-. The van der Waals surface area contributed by atoms with Crippen LogP contribution in [0.4, 0.5) is 0 Å². The minimum absolute atomic E-state index is 0.0631. The van der Waals surface area contributed by atoms with Crippen molar-refractivity contribution in [1.29, 1.82) is 0 Å². The van der Waals surface area contributed by atoms with Crippen LogP contribution in [0.1, 0.15) is 43.8 Å². The van der Waals surface area contributed by atoms with Crippen LogP contribution in [-0.4, -0.2) is 86.4 Å². The molecule has 16 nitrogen and oxygen atoms in total. The summed E-state index contributed by atoms with van der Waals surface area (Å²) in [7, 11) is 0. The van der Waals surface area contributed by atoms with Crippen LogP contribution in [0, 0.1) is 0 Å². The van der Waals surface area contributed by atoms with Gasteiger partial charge in [-0.3, -0.25) is 0 Å². The molecular formula is C53H44N2O14. The van der Waals surface area contributed by atoms with Gasteiger partial charge in [-0.1, -0.05) is 74.9 Å². The van der Waals surface area contributed by atoms with Gasteiger partial charge in [0, 0.05) is 41.0 Å². The fourth-order valence-electron chi connectivity index (χ4n) is 6.44. The lowest BCUT2D eigenvalue weighted by Gasteiger charge is -2.17. The number of hydrogen-bond donors (Lipinski definition) is 0. The second-order valence-corrected chi connectivity index (χ2v) is 14.5. The highest BCUT2D eigenvalue weighted by Gasteiger charge is 2.26. The quantitative estimate of drug-likeness (QED) is 0.0186. The summed E-state index contributed by atoms with van der Waals surface area (Å²) in [6, 6.07) is 24.1. The first kappa shape index (κ1) is 49.3. The number of rotatable bonds is 22. The lowest BCUT2D eigenvalue weighted by atomic mass is 10.0. The highest BCUT2D eigenvalue weighted by molar-refractivity contribution is 6.25. The van der Waals surface area contributed by atoms with Crippen molar-refractivity contribution in [2.45, 2.75) is 18.6 Å². The van der Waals surface area contributed by atoms with Gasteiger partial charge in [0.05, 0.1) is 17.3 Å². The van der Waals surface area contributed by atoms with Crippen molar-refractivity contribution >= 4 is 53.3 Å². The molecule has 0 N–H and O–H groups in total. The summed E-state index contributed by atoms with van der Waals surface area (Å²) < 4.78 is 43.4. The molecule has 2 unspecified atom stereocenters. The molecule has 2 aliphatic carbocycles. The number of allylic oxidation sites excluding steroid dienone is 6. The smallest absolute Gasteiger partial charge is 0.343 e. The Bertz CT molecular complexity index is 2800. The van der Waals surface area contributed by atoms with E-state index in [4.69, 9.17) is 37.9 Å². The number of nitrogens with zero attached hydrogens (tertiary/aromatic N) is 2. The minimum Gasteiger partial charge on any atom is -0.490 e. The van der Waals surface area contributed by atoms with Crippen LogP contribution in [0.5, 0.6) is 23.0 Å². The molecule has 350 valence electrons. The SMILES string of the molecule is C=CC(=O)OCC(COc1ccc(C(=O)Oc2ccc(OC(=O)c3ccc(OCC(COC(=O)C=C)OC(=O)C=C)cc3)c(/C=N/N=C3/C4=C(CC=CC=C4)c4ccccc43)c2)cc1)OC(=O)C=C. The van der Waals surface area contributed by atoms with Gasteiger partial charge in [0.15, 0.2) is 12.2 Å². The molecular weight excluding hydrogens is 889 g/mol. The topological polar surface area (TPSA) is 201 Å². The van der Waals surface area contributed by atoms with E-state index in [1.54, 1.807) is 0 Å². The van der Waals surface area contributed by atoms with Crippen LogP contribution in [0.15, 0.2) is 182 Å². The van der Waals surface area contributed by atoms with Crippen molar-refractivity contribution in [1.82, 2.24) is 0 Å². The van der Waals surface area contributed by atoms with Crippen LogP contribution in [0.2, 0.25) is 0 Å². The molecule has 0 spiro atoms. The van der Waals surface area contributed by atoms with E-state index in [2.05, 4.69) is 42.6 Å². The van der Waals surface area contributed by atoms with Gasteiger partial charge in [0.25, 0.3) is 0 Å². The molecule has 2 aliphatic rings. The summed E-state index contributed by atoms with van der Waals surface area (Å²) >= 11 is 0. The van der Waals surface area contributed by atoms with Crippen LogP contribution in [0.3, 0.4) is 0 Å². The molecule has 0 radical (unpaired) electrons. The average molecular weight is 933 g/mol. The van der Waals surface area contributed by atoms with E-state index in [0.29, 0.717) is 23.6 Å². The average Bonchev–Trinajstić information content (AvgIpc) is 3.47. The van der Waals surface area contributed by atoms with Gasteiger partial charge in [-0.15, -0.1) is 5.10 Å². The van der Waals surface area contributed by atoms with E-state index in [0.717, 1.165) is 46.6 Å². The van der Waals surface area contributed by atoms with E-state index in [9.17, 15) is 28.8 Å². The maximum atomic E-state index is 13.6. The second kappa shape index (κ2) is 24.4. The Balaban J connectivity index is 1.19. The third-order valence-electron chi connectivity index (χ3n) is 9.78. The van der Waals surface area contributed by atoms with Gasteiger partial charge >= 0.3 is 35.8 Å². The lowest BCUT2D eigenvalue weighted by Crippen LogP contribution is -2.30. The van der Waals surface area contributed by atoms with Crippen molar-refractivity contribution in [3.63, 3.8) is 0 Å². The molecule has 6 rings (SSSR count). The second-order valence-electron chi connectivity index (χ2n) is 14.5. The Morgan fingerprint density at radius 1 is 0.580 bits per heavy atom. The predicted octanol–water partition coefficient (Wildman–Crippen LogP) is 7.64. The number of hydrogen-bond acceptors (Lipinski definition) is 16. The van der Waals surface area contributed by atoms with E-state index >= 15 is 0 Å². The normalized spacial score (nSPS) is 13.7. The van der Waals surface area contributed by atoms with Crippen LogP contribution in [-0.2, 0) is 38.1 Å². The van der Waals surface area contributed by atoms with E-state index in [-0.39, 0.29) is 54.6 Å². The minimum atomic E-state index is -0.967. The first-order valence-electron chi connectivity index (χ1n) is 21.0. The van der Waals surface area contributed by atoms with Gasteiger partial charge in [-0.25, -0.2) is 28.8 Å². The Morgan fingerprint density at radius 3 is 1.65 bits per heavy atom. The number of carbonyl (C=O) groups excluding carboxylic acids is 6. The maximum Gasteiger partial charge on any atom is 0.343 e. The zero-order chi connectivity index (χ0) is 49.1. The zero-order valence-electron chi connectivity index (χ0n) is 37.0. The summed E-state index contributed by atoms with van der Waals surface area (Å²) in [5.41, 5.74) is 5.18. The van der Waals surface area contributed by atoms with Crippen LogP contribution < -0.4 is 18.9 Å². The summed E-state index contributed by atoms with van der Waals surface area (Å²) in [4.78, 5) is 73.7. The van der Waals surface area contributed by atoms with E-state index < -0.39 is 48.0 Å². The number of esters is 6. The number of carbonyl (C=O) groups is 6. The molecule has 0 heterocycles. The van der Waals surface area contributed by atoms with Gasteiger partial charge in [0.1, 0.15) is 55.1 Å². The maximum absolute atomic E-state index is 13.6. The summed E-state index contributed by atoms with van der Waals surface area (Å²) in [6.07, 6.45) is 12.0. The molecule has 0 aromatic heterocycles. The largest absolute Gasteiger partial charge is 0.490 e. The Morgan fingerprint density at radius 2 is 1.10 bits per heavy atom. The molecule has 16 heteroatoms. The molecule has 0 amide bonds. The van der Waals surface area contributed by atoms with E-state index in [1.165, 1.54) is 72.9 Å². The Kier molecular flexibility index (Phi) is 17.4. The molecule has 0 fully saturated rings. The van der Waals surface area contributed by atoms with Gasteiger partial charge in [0.2, 0.25) is 0 Å². The van der Waals surface area contributed by atoms with E-state index in [1.807, 2.05) is 42.5 Å². The molecule has 2 atom stereocenters. The number of ether oxygens (including phenoxy) is 8. The Labute approximate surface area is 396 Å². The van der Waals surface area contributed by atoms with Crippen molar-refractivity contribution in [3.05, 3.63) is 199 Å². The van der Waals surface area contributed by atoms with Crippen molar-refractivity contribution < 1.29 is 66.7 Å². The first-order chi connectivity index (χ1) is 33.5. The first-order valence-corrected chi connectivity index (χ1v) is 21.0. The van der Waals surface area contributed by atoms with Gasteiger partial charge in [-0.2, -0.15) is 5.10 Å². The molecule has 0 bridgehead atoms. The zero-order valence-corrected chi connectivity index (χ0v) is 37.0. The Hall–Kier alpha value is -9.18. The van der Waals surface area contributed by atoms with Crippen molar-refractivity contribution in [3.8, 4) is 23.0 Å². The number of fused-ring (bicyclic) bond motifs is 2. The van der Waals surface area contributed by atoms with Crippen LogP contribution >= 0.6 is 0 Å². The molecule has 69 heavy (non-hydrogen) atoms. The summed E-state index contributed by atoms with van der Waals surface area (Å²) in [6.45, 7) is 12.4. The summed E-state index contributed by atoms with van der Waals surface area (Å²) in [5.74, 6) is -3.62. The van der Waals surface area contributed by atoms with Gasteiger partial charge in [-0.05, 0) is 84.3 Å². The third kappa shape index (κ3) is 13.9. The van der Waals surface area contributed by atoms with Crippen molar-refractivity contribution in [2.75, 3.05) is 26.4 Å². The number of benzene rings is 4. The fraction of sp³-hybridized carbons (Fsp3) is 0.132. The predicted molar refractivity (Wildman–Crippen MR) is 253 cm³/mol. The fourth-order valence-corrected chi connectivity index (χ4v) is 6.44. The molecule has 0 saturated heterocycles. The monoisotopic (exact) mass is 932 g/mol. The molecule has 4 aromatic rings. The van der Waals surface area contributed by atoms with Crippen LogP contribution in [0.25, 0.3) is 5.57 Å². The van der Waals surface area contributed by atoms with Crippen molar-refractivity contribution in [2.24, 2.45) is 10.2 Å². The highest BCUT2D eigenvalue weighted by Crippen LogP contribution is 2.37. The van der Waals surface area contributed by atoms with Gasteiger partial charge < -0.3 is 37.9 Å². The molecule has 0 saturated carbocycles. The third-order valence-corrected chi connectivity index (χ3v) is 9.78. The molecule has 0 aliphatic heterocycles. The lowest BCUT2D eigenvalue weighted by molar-refractivity contribution is -0.154.